The summed E-state index contributed by atoms with van der Waals surface area (Å²) in [5.74, 6) is 0.809. The van der Waals surface area contributed by atoms with Crippen molar-refractivity contribution in [1.29, 1.82) is 0 Å². The molecule has 0 amide bonds. The normalized spacial score (nSPS) is 12.8. The molecule has 0 fully saturated rings. The van der Waals surface area contributed by atoms with Crippen LogP contribution in [0.5, 0.6) is 11.5 Å². The molecule has 1 rings (SSSR count). The standard InChI is InChI=1S/C18H29F2N3O4S/c1-6-21-17(22-9-10-28(24,25)18(2,3)4)23-12-13-11-14(26-5)7-8-15(13)27-16(19)20/h7-8,11,16H,6,9-10,12H2,1-5H3,(H2,21,22,23). The number of methoxy groups -OCH3 is 1. The van der Waals surface area contributed by atoms with E-state index < -0.39 is 21.2 Å². The summed E-state index contributed by atoms with van der Waals surface area (Å²) in [5.41, 5.74) is 0.416. The van der Waals surface area contributed by atoms with Crippen LogP contribution in [0.25, 0.3) is 0 Å². The molecular weight excluding hydrogens is 392 g/mol. The van der Waals surface area contributed by atoms with E-state index in [0.717, 1.165) is 0 Å². The maximum Gasteiger partial charge on any atom is 0.387 e. The van der Waals surface area contributed by atoms with Crippen LogP contribution in [0.1, 0.15) is 33.3 Å². The van der Waals surface area contributed by atoms with E-state index in [-0.39, 0.29) is 24.6 Å². The topological polar surface area (TPSA) is 89.0 Å². The van der Waals surface area contributed by atoms with Crippen LogP contribution in [0.15, 0.2) is 23.2 Å². The van der Waals surface area contributed by atoms with Gasteiger partial charge in [-0.05, 0) is 45.9 Å². The Hall–Kier alpha value is -2.10. The van der Waals surface area contributed by atoms with Gasteiger partial charge >= 0.3 is 6.61 Å². The molecule has 0 bridgehead atoms. The number of hydrogen-bond acceptors (Lipinski definition) is 5. The molecule has 160 valence electrons. The van der Waals surface area contributed by atoms with Gasteiger partial charge in [0.2, 0.25) is 0 Å². The second-order valence-electron chi connectivity index (χ2n) is 6.91. The number of sulfone groups is 1. The fourth-order valence-electron chi connectivity index (χ4n) is 2.13. The van der Waals surface area contributed by atoms with Crippen molar-refractivity contribution < 1.29 is 26.7 Å². The van der Waals surface area contributed by atoms with E-state index in [1.54, 1.807) is 26.8 Å². The summed E-state index contributed by atoms with van der Waals surface area (Å²) in [4.78, 5) is 4.33. The number of guanidine groups is 1. The quantitative estimate of drug-likeness (QED) is 0.471. The maximum atomic E-state index is 12.6. The molecule has 0 atom stereocenters. The fraction of sp³-hybridized carbons (Fsp3) is 0.611. The number of hydrogen-bond donors (Lipinski definition) is 2. The summed E-state index contributed by atoms with van der Waals surface area (Å²) < 4.78 is 58.4. The SMILES string of the molecule is CCNC(=NCc1cc(OC)ccc1OC(F)F)NCCS(=O)(=O)C(C)(C)C. The Bertz CT molecular complexity index is 763. The zero-order valence-corrected chi connectivity index (χ0v) is 17.7. The molecule has 0 heterocycles. The third-order valence-electron chi connectivity index (χ3n) is 3.83. The van der Waals surface area contributed by atoms with Gasteiger partial charge in [-0.2, -0.15) is 8.78 Å². The van der Waals surface area contributed by atoms with Gasteiger partial charge in [-0.25, -0.2) is 13.4 Å². The van der Waals surface area contributed by atoms with Crippen molar-refractivity contribution >= 4 is 15.8 Å². The summed E-state index contributed by atoms with van der Waals surface area (Å²) in [6.45, 7) is 4.62. The predicted molar refractivity (Wildman–Crippen MR) is 106 cm³/mol. The van der Waals surface area contributed by atoms with Crippen molar-refractivity contribution in [3.05, 3.63) is 23.8 Å². The Morgan fingerprint density at radius 2 is 1.93 bits per heavy atom. The molecule has 0 aliphatic rings. The molecule has 28 heavy (non-hydrogen) atoms. The first-order valence-electron chi connectivity index (χ1n) is 8.86. The van der Waals surface area contributed by atoms with Gasteiger partial charge in [0.25, 0.3) is 0 Å². The van der Waals surface area contributed by atoms with Crippen molar-refractivity contribution in [3.63, 3.8) is 0 Å². The predicted octanol–water partition coefficient (Wildman–Crippen LogP) is 2.57. The number of rotatable bonds is 9. The lowest BCUT2D eigenvalue weighted by molar-refractivity contribution is -0.0504. The Morgan fingerprint density at radius 3 is 2.46 bits per heavy atom. The summed E-state index contributed by atoms with van der Waals surface area (Å²) in [6.07, 6.45) is 0. The molecule has 0 spiro atoms. The Morgan fingerprint density at radius 1 is 1.25 bits per heavy atom. The van der Waals surface area contributed by atoms with Crippen molar-refractivity contribution in [2.24, 2.45) is 4.99 Å². The molecular formula is C18H29F2N3O4S. The Balaban J connectivity index is 2.89. The molecule has 0 aromatic heterocycles. The van der Waals surface area contributed by atoms with Crippen LogP contribution < -0.4 is 20.1 Å². The van der Waals surface area contributed by atoms with Crippen LogP contribution in [0.3, 0.4) is 0 Å². The van der Waals surface area contributed by atoms with Gasteiger partial charge in [0.1, 0.15) is 11.5 Å². The van der Waals surface area contributed by atoms with E-state index in [1.165, 1.54) is 19.2 Å². The van der Waals surface area contributed by atoms with Gasteiger partial charge in [0, 0.05) is 18.7 Å². The Labute approximate surface area is 165 Å². The van der Waals surface area contributed by atoms with Crippen LogP contribution in [0, 0.1) is 0 Å². The first-order chi connectivity index (χ1) is 13.0. The lowest BCUT2D eigenvalue weighted by Crippen LogP contribution is -2.41. The van der Waals surface area contributed by atoms with Crippen molar-refractivity contribution in [3.8, 4) is 11.5 Å². The van der Waals surface area contributed by atoms with Crippen molar-refractivity contribution in [1.82, 2.24) is 10.6 Å². The maximum absolute atomic E-state index is 12.6. The van der Waals surface area contributed by atoms with Gasteiger partial charge in [-0.1, -0.05) is 0 Å². The number of nitrogens with one attached hydrogen (secondary N) is 2. The average molecular weight is 422 g/mol. The minimum Gasteiger partial charge on any atom is -0.497 e. The van der Waals surface area contributed by atoms with Gasteiger partial charge in [0.05, 0.1) is 24.2 Å². The van der Waals surface area contributed by atoms with Crippen molar-refractivity contribution in [2.45, 2.75) is 45.6 Å². The number of halogens is 2. The van der Waals surface area contributed by atoms with Crippen molar-refractivity contribution in [2.75, 3.05) is 26.0 Å². The summed E-state index contributed by atoms with van der Waals surface area (Å²) in [6, 6.07) is 4.48. The van der Waals surface area contributed by atoms with Gasteiger partial charge in [-0.15, -0.1) is 0 Å². The fourth-order valence-corrected chi connectivity index (χ4v) is 3.12. The van der Waals surface area contributed by atoms with E-state index in [2.05, 4.69) is 20.4 Å². The number of nitrogens with zero attached hydrogens (tertiary/aromatic N) is 1. The van der Waals surface area contributed by atoms with E-state index in [1.807, 2.05) is 6.92 Å². The molecule has 0 saturated heterocycles. The molecule has 0 aliphatic heterocycles. The van der Waals surface area contributed by atoms with E-state index >= 15 is 0 Å². The number of aliphatic imine (C=N–C) groups is 1. The summed E-state index contributed by atoms with van der Waals surface area (Å²) in [7, 11) is -1.80. The molecule has 1 aromatic carbocycles. The number of ether oxygens (including phenoxy) is 2. The lowest BCUT2D eigenvalue weighted by Gasteiger charge is -2.20. The first-order valence-corrected chi connectivity index (χ1v) is 10.5. The van der Waals surface area contributed by atoms with E-state index in [9.17, 15) is 17.2 Å². The molecule has 0 saturated carbocycles. The van der Waals surface area contributed by atoms with Crippen LogP contribution in [0.4, 0.5) is 8.78 Å². The highest BCUT2D eigenvalue weighted by Gasteiger charge is 2.28. The molecule has 0 radical (unpaired) electrons. The van der Waals surface area contributed by atoms with E-state index in [4.69, 9.17) is 4.74 Å². The lowest BCUT2D eigenvalue weighted by atomic mass is 10.2. The van der Waals surface area contributed by atoms with Gasteiger partial charge in [0.15, 0.2) is 15.8 Å². The van der Waals surface area contributed by atoms with Gasteiger partial charge < -0.3 is 20.1 Å². The third-order valence-corrected chi connectivity index (χ3v) is 6.44. The Kier molecular flexibility index (Phi) is 8.93. The number of benzene rings is 1. The average Bonchev–Trinajstić information content (AvgIpc) is 2.59. The first kappa shape index (κ1) is 23.9. The molecule has 7 nitrogen and oxygen atoms in total. The van der Waals surface area contributed by atoms with Gasteiger partial charge in [-0.3, -0.25) is 0 Å². The van der Waals surface area contributed by atoms with Crippen LogP contribution in [0.2, 0.25) is 0 Å². The zero-order chi connectivity index (χ0) is 21.4. The highest BCUT2D eigenvalue weighted by molar-refractivity contribution is 7.92. The second kappa shape index (κ2) is 10.4. The smallest absolute Gasteiger partial charge is 0.387 e. The minimum atomic E-state index is -3.27. The largest absolute Gasteiger partial charge is 0.497 e. The monoisotopic (exact) mass is 421 g/mol. The highest BCUT2D eigenvalue weighted by atomic mass is 32.2. The zero-order valence-electron chi connectivity index (χ0n) is 16.9. The van der Waals surface area contributed by atoms with E-state index in [0.29, 0.717) is 23.8 Å². The number of alkyl halides is 2. The van der Waals surface area contributed by atoms with Crippen LogP contribution >= 0.6 is 0 Å². The summed E-state index contributed by atoms with van der Waals surface area (Å²) in [5, 5.41) is 5.94. The highest BCUT2D eigenvalue weighted by Crippen LogP contribution is 2.26. The molecule has 10 heteroatoms. The minimum absolute atomic E-state index is 0.00529. The summed E-state index contributed by atoms with van der Waals surface area (Å²) >= 11 is 0. The molecule has 2 N–H and O–H groups in total. The van der Waals surface area contributed by atoms with Crippen LogP contribution in [-0.2, 0) is 16.4 Å². The second-order valence-corrected chi connectivity index (χ2v) is 9.77. The van der Waals surface area contributed by atoms with Crippen LogP contribution in [-0.4, -0.2) is 51.7 Å². The molecule has 1 aromatic rings. The third kappa shape index (κ3) is 7.49. The molecule has 0 aliphatic carbocycles. The molecule has 0 unspecified atom stereocenters.